The largest absolute Gasteiger partial charge is 0.490 e. The minimum atomic E-state index is 0.461. The lowest BCUT2D eigenvalue weighted by atomic mass is 10.1. The van der Waals surface area contributed by atoms with E-state index >= 15 is 0 Å². The first-order valence-electron chi connectivity index (χ1n) is 9.60. The van der Waals surface area contributed by atoms with Gasteiger partial charge in [-0.2, -0.15) is 0 Å². The first-order valence-corrected chi connectivity index (χ1v) is 10.4. The molecule has 3 aromatic carbocycles. The summed E-state index contributed by atoms with van der Waals surface area (Å²) >= 11 is 12.7. The van der Waals surface area contributed by atoms with E-state index in [9.17, 15) is 0 Å². The predicted molar refractivity (Wildman–Crippen MR) is 122 cm³/mol. The van der Waals surface area contributed by atoms with Crippen LogP contribution in [0.4, 0.5) is 5.69 Å². The van der Waals surface area contributed by atoms with E-state index in [0.717, 1.165) is 27.4 Å². The van der Waals surface area contributed by atoms with Crippen LogP contribution in [0, 0.1) is 13.8 Å². The van der Waals surface area contributed by atoms with Gasteiger partial charge in [0, 0.05) is 28.3 Å². The molecule has 1 N–H and O–H groups in total. The molecule has 3 rings (SSSR count). The first kappa shape index (κ1) is 21.4. The Balaban J connectivity index is 1.76. The number of ether oxygens (including phenoxy) is 2. The standard InChI is InChI=1S/C24H25Cl2NO2/c1-4-28-23-11-19(14-27-20-10-9-17(3)21(25)12-20)22(26)13-24(23)29-15-18-8-6-5-7-16(18)2/h5-13,27H,4,14-15H2,1-3H3. The lowest BCUT2D eigenvalue weighted by Gasteiger charge is -2.16. The maximum Gasteiger partial charge on any atom is 0.163 e. The first-order chi connectivity index (χ1) is 14.0. The van der Waals surface area contributed by atoms with Crippen molar-refractivity contribution in [1.82, 2.24) is 0 Å². The van der Waals surface area contributed by atoms with E-state index in [1.807, 2.05) is 56.3 Å². The smallest absolute Gasteiger partial charge is 0.163 e. The fourth-order valence-electron chi connectivity index (χ4n) is 2.92. The minimum absolute atomic E-state index is 0.461. The Morgan fingerprint density at radius 2 is 1.55 bits per heavy atom. The van der Waals surface area contributed by atoms with Crippen molar-refractivity contribution < 1.29 is 9.47 Å². The number of aryl methyl sites for hydroxylation is 2. The van der Waals surface area contributed by atoms with Crippen molar-refractivity contribution in [3.05, 3.63) is 86.9 Å². The van der Waals surface area contributed by atoms with E-state index < -0.39 is 0 Å². The van der Waals surface area contributed by atoms with Gasteiger partial charge in [-0.05, 0) is 61.2 Å². The van der Waals surface area contributed by atoms with E-state index in [-0.39, 0.29) is 0 Å². The molecule has 0 unspecified atom stereocenters. The summed E-state index contributed by atoms with van der Waals surface area (Å²) in [6.07, 6.45) is 0. The molecule has 0 saturated heterocycles. The second-order valence-electron chi connectivity index (χ2n) is 6.86. The molecule has 0 amide bonds. The van der Waals surface area contributed by atoms with Crippen LogP contribution in [0.5, 0.6) is 11.5 Å². The Kier molecular flexibility index (Phi) is 7.29. The Hall–Kier alpha value is -2.36. The van der Waals surface area contributed by atoms with Gasteiger partial charge in [0.05, 0.1) is 6.61 Å². The molecule has 29 heavy (non-hydrogen) atoms. The number of nitrogens with one attached hydrogen (secondary N) is 1. The number of benzene rings is 3. The molecule has 0 fully saturated rings. The maximum atomic E-state index is 6.54. The summed E-state index contributed by atoms with van der Waals surface area (Å²) in [5, 5.41) is 4.72. The van der Waals surface area contributed by atoms with Crippen LogP contribution in [-0.4, -0.2) is 6.61 Å². The van der Waals surface area contributed by atoms with Crippen molar-refractivity contribution in [2.75, 3.05) is 11.9 Å². The average molecular weight is 430 g/mol. The van der Waals surface area contributed by atoms with Crippen LogP contribution in [0.2, 0.25) is 10.0 Å². The van der Waals surface area contributed by atoms with Gasteiger partial charge in [0.2, 0.25) is 0 Å². The van der Waals surface area contributed by atoms with E-state index in [0.29, 0.717) is 36.3 Å². The fraction of sp³-hybridized carbons (Fsp3) is 0.250. The molecule has 0 saturated carbocycles. The number of halogens is 2. The van der Waals surface area contributed by atoms with Crippen molar-refractivity contribution in [2.45, 2.75) is 33.9 Å². The minimum Gasteiger partial charge on any atom is -0.490 e. The quantitative estimate of drug-likeness (QED) is 0.410. The molecule has 0 atom stereocenters. The summed E-state index contributed by atoms with van der Waals surface area (Å²) in [5.74, 6) is 1.33. The molecular weight excluding hydrogens is 405 g/mol. The van der Waals surface area contributed by atoms with Crippen molar-refractivity contribution in [1.29, 1.82) is 0 Å². The van der Waals surface area contributed by atoms with Crippen LogP contribution in [-0.2, 0) is 13.2 Å². The summed E-state index contributed by atoms with van der Waals surface area (Å²) in [6, 6.07) is 17.8. The number of anilines is 1. The Morgan fingerprint density at radius 1 is 0.793 bits per heavy atom. The monoisotopic (exact) mass is 429 g/mol. The molecule has 5 heteroatoms. The molecule has 0 aliphatic heterocycles. The van der Waals surface area contributed by atoms with E-state index in [2.05, 4.69) is 24.4 Å². The van der Waals surface area contributed by atoms with Crippen LogP contribution in [0.25, 0.3) is 0 Å². The third kappa shape index (κ3) is 5.59. The van der Waals surface area contributed by atoms with Crippen LogP contribution in [0.15, 0.2) is 54.6 Å². The molecule has 0 bridgehead atoms. The highest BCUT2D eigenvalue weighted by atomic mass is 35.5. The lowest BCUT2D eigenvalue weighted by Crippen LogP contribution is -2.04. The Morgan fingerprint density at radius 3 is 2.28 bits per heavy atom. The molecular formula is C24H25Cl2NO2. The Labute approximate surface area is 182 Å². The second kappa shape index (κ2) is 9.91. The van der Waals surface area contributed by atoms with Gasteiger partial charge in [-0.25, -0.2) is 0 Å². The van der Waals surface area contributed by atoms with Gasteiger partial charge >= 0.3 is 0 Å². The van der Waals surface area contributed by atoms with Gasteiger partial charge < -0.3 is 14.8 Å². The van der Waals surface area contributed by atoms with E-state index in [4.69, 9.17) is 32.7 Å². The van der Waals surface area contributed by atoms with Gasteiger partial charge in [-0.1, -0.05) is 53.5 Å². The van der Waals surface area contributed by atoms with Crippen LogP contribution < -0.4 is 14.8 Å². The molecule has 0 aliphatic carbocycles. The molecule has 0 heterocycles. The number of hydrogen-bond donors (Lipinski definition) is 1. The summed E-state index contributed by atoms with van der Waals surface area (Å²) in [6.45, 7) is 7.56. The summed E-state index contributed by atoms with van der Waals surface area (Å²) < 4.78 is 11.8. The fourth-order valence-corrected chi connectivity index (χ4v) is 3.32. The van der Waals surface area contributed by atoms with Gasteiger partial charge in [0.25, 0.3) is 0 Å². The Bertz CT molecular complexity index is 989. The zero-order valence-corrected chi connectivity index (χ0v) is 18.4. The van der Waals surface area contributed by atoms with Gasteiger partial charge in [-0.15, -0.1) is 0 Å². The zero-order valence-electron chi connectivity index (χ0n) is 16.9. The summed E-state index contributed by atoms with van der Waals surface area (Å²) in [5.41, 5.74) is 5.23. The summed E-state index contributed by atoms with van der Waals surface area (Å²) in [7, 11) is 0. The van der Waals surface area contributed by atoms with Crippen LogP contribution in [0.3, 0.4) is 0 Å². The van der Waals surface area contributed by atoms with E-state index in [1.165, 1.54) is 5.56 Å². The number of rotatable bonds is 8. The third-order valence-electron chi connectivity index (χ3n) is 4.71. The highest BCUT2D eigenvalue weighted by Crippen LogP contribution is 2.35. The molecule has 0 aliphatic rings. The number of hydrogen-bond acceptors (Lipinski definition) is 3. The second-order valence-corrected chi connectivity index (χ2v) is 7.67. The average Bonchev–Trinajstić information content (AvgIpc) is 2.70. The summed E-state index contributed by atoms with van der Waals surface area (Å²) in [4.78, 5) is 0. The molecule has 0 aromatic heterocycles. The highest BCUT2D eigenvalue weighted by Gasteiger charge is 2.12. The van der Waals surface area contributed by atoms with E-state index in [1.54, 1.807) is 0 Å². The highest BCUT2D eigenvalue weighted by molar-refractivity contribution is 6.32. The van der Waals surface area contributed by atoms with Gasteiger partial charge in [-0.3, -0.25) is 0 Å². The molecule has 3 nitrogen and oxygen atoms in total. The predicted octanol–water partition coefficient (Wildman–Crippen LogP) is 7.20. The molecule has 0 radical (unpaired) electrons. The molecule has 0 spiro atoms. The van der Waals surface area contributed by atoms with Crippen molar-refractivity contribution in [2.24, 2.45) is 0 Å². The topological polar surface area (TPSA) is 30.5 Å². The van der Waals surface area contributed by atoms with Crippen molar-refractivity contribution >= 4 is 28.9 Å². The van der Waals surface area contributed by atoms with Gasteiger partial charge in [0.1, 0.15) is 6.61 Å². The van der Waals surface area contributed by atoms with Crippen molar-refractivity contribution in [3.63, 3.8) is 0 Å². The zero-order chi connectivity index (χ0) is 20.8. The molecule has 3 aromatic rings. The lowest BCUT2D eigenvalue weighted by molar-refractivity contribution is 0.268. The van der Waals surface area contributed by atoms with Crippen LogP contribution >= 0.6 is 23.2 Å². The SMILES string of the molecule is CCOc1cc(CNc2ccc(C)c(Cl)c2)c(Cl)cc1OCc1ccccc1C. The van der Waals surface area contributed by atoms with Crippen molar-refractivity contribution in [3.8, 4) is 11.5 Å². The van der Waals surface area contributed by atoms with Gasteiger partial charge in [0.15, 0.2) is 11.5 Å². The van der Waals surface area contributed by atoms with Crippen LogP contribution in [0.1, 0.15) is 29.2 Å². The third-order valence-corrected chi connectivity index (χ3v) is 5.47. The normalized spacial score (nSPS) is 10.7. The molecule has 152 valence electrons. The maximum absolute atomic E-state index is 6.54.